The first kappa shape index (κ1) is 21.8. The van der Waals surface area contributed by atoms with E-state index in [0.29, 0.717) is 23.2 Å². The first-order chi connectivity index (χ1) is 14.3. The number of benzene rings is 1. The highest BCUT2D eigenvalue weighted by Crippen LogP contribution is 2.27. The van der Waals surface area contributed by atoms with Gasteiger partial charge in [0.05, 0.1) is 12.0 Å². The molecule has 1 amide bonds. The molecule has 8 heteroatoms. The Hall–Kier alpha value is -2.87. The average Bonchev–Trinajstić information content (AvgIpc) is 3.39. The Labute approximate surface area is 181 Å². The number of hydrogen-bond donors (Lipinski definition) is 1. The maximum absolute atomic E-state index is 12.2. The van der Waals surface area contributed by atoms with Crippen LogP contribution in [0.2, 0.25) is 0 Å². The molecule has 0 aliphatic rings. The predicted octanol–water partition coefficient (Wildman–Crippen LogP) is 4.49. The lowest BCUT2D eigenvalue weighted by Crippen LogP contribution is -2.21. The monoisotopic (exact) mass is 425 g/mol. The molecule has 0 spiro atoms. The zero-order valence-corrected chi connectivity index (χ0v) is 18.8. The highest BCUT2D eigenvalue weighted by Gasteiger charge is 2.17. The Kier molecular flexibility index (Phi) is 6.77. The largest absolute Gasteiger partial charge is 0.463 e. The minimum atomic E-state index is -0.215. The topological polar surface area (TPSA) is 85.3 Å². The van der Waals surface area contributed by atoms with Gasteiger partial charge in [-0.15, -0.1) is 10.2 Å². The van der Waals surface area contributed by atoms with Gasteiger partial charge in [0, 0.05) is 12.1 Å². The third-order valence-electron chi connectivity index (χ3n) is 4.60. The van der Waals surface area contributed by atoms with E-state index in [-0.39, 0.29) is 17.1 Å². The van der Waals surface area contributed by atoms with E-state index in [1.54, 1.807) is 25.3 Å². The minimum absolute atomic E-state index is 0.100. The van der Waals surface area contributed by atoms with Crippen molar-refractivity contribution in [1.29, 1.82) is 0 Å². The molecule has 0 aliphatic carbocycles. The maximum Gasteiger partial charge on any atom is 0.250 e. The number of carbonyl (C=O) groups excluding carboxylic acids is 1. The van der Waals surface area contributed by atoms with Crippen LogP contribution in [0.4, 0.5) is 0 Å². The van der Waals surface area contributed by atoms with Gasteiger partial charge in [-0.1, -0.05) is 56.8 Å². The zero-order chi connectivity index (χ0) is 21.7. The molecule has 0 saturated carbocycles. The Morgan fingerprint density at radius 2 is 1.93 bits per heavy atom. The molecule has 30 heavy (non-hydrogen) atoms. The molecule has 1 N–H and O–H groups in total. The van der Waals surface area contributed by atoms with Crippen molar-refractivity contribution in [2.24, 2.45) is 5.10 Å². The van der Waals surface area contributed by atoms with Crippen LogP contribution in [0.5, 0.6) is 0 Å². The molecule has 158 valence electrons. The summed E-state index contributed by atoms with van der Waals surface area (Å²) in [6.45, 7) is 11.1. The number of hydrazone groups is 1. The highest BCUT2D eigenvalue weighted by atomic mass is 32.2. The van der Waals surface area contributed by atoms with Gasteiger partial charge in [-0.3, -0.25) is 4.79 Å². The molecule has 0 atom stereocenters. The number of nitrogens with one attached hydrogen (secondary N) is 1. The summed E-state index contributed by atoms with van der Waals surface area (Å²) >= 11 is 1.34. The third-order valence-corrected chi connectivity index (χ3v) is 5.57. The molecule has 0 fully saturated rings. The molecule has 0 radical (unpaired) electrons. The standard InChI is InChI=1S/C22H27N5O2S/c1-6-27-20(16-9-11-17(12-10-16)22(3,4)5)25-26-21(27)30-14-19(28)24-23-15(2)18-8-7-13-29-18/h7-13H,6,14H2,1-5H3,(H,24,28)/b23-15+. The summed E-state index contributed by atoms with van der Waals surface area (Å²) in [5.41, 5.74) is 5.53. The normalized spacial score (nSPS) is 12.2. The van der Waals surface area contributed by atoms with E-state index in [9.17, 15) is 4.79 Å². The van der Waals surface area contributed by atoms with Gasteiger partial charge in [0.1, 0.15) is 11.5 Å². The van der Waals surface area contributed by atoms with Gasteiger partial charge in [-0.05, 0) is 37.0 Å². The molecule has 0 unspecified atom stereocenters. The first-order valence-electron chi connectivity index (χ1n) is 9.83. The molecule has 0 saturated heterocycles. The second-order valence-electron chi connectivity index (χ2n) is 7.88. The second kappa shape index (κ2) is 9.30. The maximum atomic E-state index is 12.2. The number of nitrogens with zero attached hydrogens (tertiary/aromatic N) is 4. The summed E-state index contributed by atoms with van der Waals surface area (Å²) in [5, 5.41) is 13.4. The average molecular weight is 426 g/mol. The lowest BCUT2D eigenvalue weighted by Gasteiger charge is -2.19. The van der Waals surface area contributed by atoms with Crippen LogP contribution < -0.4 is 5.43 Å². The van der Waals surface area contributed by atoms with Gasteiger partial charge < -0.3 is 8.98 Å². The van der Waals surface area contributed by atoms with Crippen molar-refractivity contribution < 1.29 is 9.21 Å². The highest BCUT2D eigenvalue weighted by molar-refractivity contribution is 7.99. The van der Waals surface area contributed by atoms with Crippen LogP contribution in [0.1, 0.15) is 45.9 Å². The second-order valence-corrected chi connectivity index (χ2v) is 8.82. The Morgan fingerprint density at radius 3 is 2.53 bits per heavy atom. The summed E-state index contributed by atoms with van der Waals surface area (Å²) in [4.78, 5) is 12.2. The summed E-state index contributed by atoms with van der Waals surface area (Å²) in [5.74, 6) is 1.40. The number of aromatic nitrogens is 3. The van der Waals surface area contributed by atoms with Crippen molar-refractivity contribution >= 4 is 23.4 Å². The van der Waals surface area contributed by atoms with Gasteiger partial charge >= 0.3 is 0 Å². The van der Waals surface area contributed by atoms with E-state index in [1.807, 2.05) is 11.5 Å². The molecule has 3 rings (SSSR count). The number of rotatable bonds is 7. The molecule has 0 aliphatic heterocycles. The fourth-order valence-corrected chi connectivity index (χ4v) is 3.66. The smallest absolute Gasteiger partial charge is 0.250 e. The quantitative estimate of drug-likeness (QED) is 0.342. The molecular weight excluding hydrogens is 398 g/mol. The molecule has 0 bridgehead atoms. The number of amides is 1. The third kappa shape index (κ3) is 5.18. The van der Waals surface area contributed by atoms with Crippen molar-refractivity contribution in [3.8, 4) is 11.4 Å². The van der Waals surface area contributed by atoms with Crippen molar-refractivity contribution in [3.63, 3.8) is 0 Å². The lowest BCUT2D eigenvalue weighted by molar-refractivity contribution is -0.118. The molecule has 2 heterocycles. The first-order valence-corrected chi connectivity index (χ1v) is 10.8. The van der Waals surface area contributed by atoms with Crippen LogP contribution in [-0.4, -0.2) is 32.1 Å². The van der Waals surface area contributed by atoms with Crippen LogP contribution in [0, 0.1) is 0 Å². The van der Waals surface area contributed by atoms with Crippen LogP contribution in [0.3, 0.4) is 0 Å². The molecule has 3 aromatic rings. The number of carbonyl (C=O) groups is 1. The van der Waals surface area contributed by atoms with Crippen molar-refractivity contribution in [3.05, 3.63) is 54.0 Å². The summed E-state index contributed by atoms with van der Waals surface area (Å²) < 4.78 is 7.26. The number of furan rings is 1. The Bertz CT molecular complexity index is 1010. The van der Waals surface area contributed by atoms with E-state index in [2.05, 4.69) is 65.8 Å². The van der Waals surface area contributed by atoms with Gasteiger partial charge in [0.25, 0.3) is 5.91 Å². The van der Waals surface area contributed by atoms with E-state index in [1.165, 1.54) is 17.3 Å². The molecular formula is C22H27N5O2S. The fourth-order valence-electron chi connectivity index (χ4n) is 2.86. The number of thioether (sulfide) groups is 1. The summed E-state index contributed by atoms with van der Waals surface area (Å²) in [6.07, 6.45) is 1.57. The van der Waals surface area contributed by atoms with Gasteiger partial charge in [0.15, 0.2) is 11.0 Å². The van der Waals surface area contributed by atoms with Crippen LogP contribution in [0.25, 0.3) is 11.4 Å². The molecule has 7 nitrogen and oxygen atoms in total. The fraction of sp³-hybridized carbons (Fsp3) is 0.364. The van der Waals surface area contributed by atoms with Crippen molar-refractivity contribution in [2.45, 2.75) is 51.7 Å². The van der Waals surface area contributed by atoms with Gasteiger partial charge in [0.2, 0.25) is 0 Å². The van der Waals surface area contributed by atoms with Gasteiger partial charge in [-0.2, -0.15) is 5.10 Å². The Balaban J connectivity index is 1.66. The van der Waals surface area contributed by atoms with E-state index in [0.717, 1.165) is 11.4 Å². The van der Waals surface area contributed by atoms with Crippen molar-refractivity contribution in [1.82, 2.24) is 20.2 Å². The number of hydrogen-bond acceptors (Lipinski definition) is 6. The predicted molar refractivity (Wildman–Crippen MR) is 120 cm³/mol. The van der Waals surface area contributed by atoms with E-state index >= 15 is 0 Å². The van der Waals surface area contributed by atoms with Crippen LogP contribution >= 0.6 is 11.8 Å². The van der Waals surface area contributed by atoms with Gasteiger partial charge in [-0.25, -0.2) is 5.43 Å². The van der Waals surface area contributed by atoms with E-state index in [4.69, 9.17) is 4.42 Å². The van der Waals surface area contributed by atoms with Crippen LogP contribution in [-0.2, 0) is 16.8 Å². The SMILES string of the molecule is CCn1c(SCC(=O)N/N=C(\C)c2ccco2)nnc1-c1ccc(C(C)(C)C)cc1. The molecule has 2 aromatic heterocycles. The van der Waals surface area contributed by atoms with Crippen molar-refractivity contribution in [2.75, 3.05) is 5.75 Å². The summed E-state index contributed by atoms with van der Waals surface area (Å²) in [7, 11) is 0. The van der Waals surface area contributed by atoms with Crippen LogP contribution in [0.15, 0.2) is 57.3 Å². The minimum Gasteiger partial charge on any atom is -0.463 e. The summed E-state index contributed by atoms with van der Waals surface area (Å²) in [6, 6.07) is 12.0. The lowest BCUT2D eigenvalue weighted by atomic mass is 9.87. The zero-order valence-electron chi connectivity index (χ0n) is 18.0. The Morgan fingerprint density at radius 1 is 1.20 bits per heavy atom. The van der Waals surface area contributed by atoms with E-state index < -0.39 is 0 Å². The molecule has 1 aromatic carbocycles.